The summed E-state index contributed by atoms with van der Waals surface area (Å²) in [6, 6.07) is 24.0. The van der Waals surface area contributed by atoms with Crippen molar-refractivity contribution in [2.45, 2.75) is 18.8 Å². The van der Waals surface area contributed by atoms with Crippen molar-refractivity contribution in [1.29, 1.82) is 0 Å². The van der Waals surface area contributed by atoms with Crippen LogP contribution in [0.1, 0.15) is 39.6 Å². The minimum atomic E-state index is -0.0800. The van der Waals surface area contributed by atoms with Crippen molar-refractivity contribution < 1.29 is 9.59 Å². The summed E-state index contributed by atoms with van der Waals surface area (Å²) in [5.74, 6) is 0.0377. The van der Waals surface area contributed by atoms with Crippen molar-refractivity contribution in [3.05, 3.63) is 94.2 Å². The molecule has 0 atom stereocenters. The molecule has 0 saturated carbocycles. The smallest absolute Gasteiger partial charge is 0.261 e. The predicted molar refractivity (Wildman–Crippen MR) is 114 cm³/mol. The third-order valence-corrected chi connectivity index (χ3v) is 5.39. The highest BCUT2D eigenvalue weighted by molar-refractivity contribution is 7.12. The molecule has 3 rings (SSSR count). The van der Waals surface area contributed by atoms with E-state index in [1.165, 1.54) is 22.5 Å². The fourth-order valence-corrected chi connectivity index (χ4v) is 3.69. The number of nitrogens with one attached hydrogen (secondary N) is 2. The molecule has 144 valence electrons. The number of thiophene rings is 1. The van der Waals surface area contributed by atoms with Crippen LogP contribution in [-0.4, -0.2) is 24.9 Å². The van der Waals surface area contributed by atoms with Crippen LogP contribution in [0.5, 0.6) is 0 Å². The Hall–Kier alpha value is -2.92. The van der Waals surface area contributed by atoms with E-state index < -0.39 is 0 Å². The molecule has 1 heterocycles. The van der Waals surface area contributed by atoms with Crippen LogP contribution in [0.25, 0.3) is 0 Å². The average molecular weight is 393 g/mol. The molecule has 2 N–H and O–H groups in total. The Labute approximate surface area is 169 Å². The molecule has 0 radical (unpaired) electrons. The van der Waals surface area contributed by atoms with Gasteiger partial charge in [-0.1, -0.05) is 66.7 Å². The highest BCUT2D eigenvalue weighted by Crippen LogP contribution is 2.23. The van der Waals surface area contributed by atoms with Gasteiger partial charge in [0.1, 0.15) is 0 Å². The molecule has 4 nitrogen and oxygen atoms in total. The zero-order valence-corrected chi connectivity index (χ0v) is 16.5. The molecule has 0 unspecified atom stereocenters. The van der Waals surface area contributed by atoms with E-state index in [4.69, 9.17) is 0 Å². The largest absolute Gasteiger partial charge is 0.355 e. The lowest BCUT2D eigenvalue weighted by Crippen LogP contribution is -2.30. The molecule has 0 fully saturated rings. The number of carbonyl (C=O) groups excluding carboxylic acids is 2. The van der Waals surface area contributed by atoms with Crippen molar-refractivity contribution >= 4 is 23.2 Å². The number of hydrogen-bond acceptors (Lipinski definition) is 3. The second-order valence-electron chi connectivity index (χ2n) is 6.51. The fourth-order valence-electron chi connectivity index (χ4n) is 3.05. The van der Waals surface area contributed by atoms with E-state index in [9.17, 15) is 9.59 Å². The summed E-state index contributed by atoms with van der Waals surface area (Å²) >= 11 is 1.41. The number of rotatable bonds is 9. The standard InChI is InChI=1S/C23H24N2O2S/c26-22(14-7-15-24-23(27)21-13-8-16-28-21)25-17-20(18-9-3-1-4-10-18)19-11-5-2-6-12-19/h1-6,8-13,16,20H,7,14-15,17H2,(H,24,27)(H,25,26). The Morgan fingerprint density at radius 1 is 0.821 bits per heavy atom. The van der Waals surface area contributed by atoms with Crippen molar-refractivity contribution in [1.82, 2.24) is 10.6 Å². The SMILES string of the molecule is O=C(CCCNC(=O)c1cccs1)NCC(c1ccccc1)c1ccccc1. The van der Waals surface area contributed by atoms with Crippen molar-refractivity contribution in [3.8, 4) is 0 Å². The third kappa shape index (κ3) is 5.79. The second-order valence-corrected chi connectivity index (χ2v) is 7.46. The molecule has 0 aliphatic carbocycles. The van der Waals surface area contributed by atoms with Gasteiger partial charge in [0.15, 0.2) is 0 Å². The highest BCUT2D eigenvalue weighted by Gasteiger charge is 2.15. The van der Waals surface area contributed by atoms with Crippen LogP contribution in [0.4, 0.5) is 0 Å². The van der Waals surface area contributed by atoms with Crippen molar-refractivity contribution in [2.75, 3.05) is 13.1 Å². The van der Waals surface area contributed by atoms with E-state index in [0.29, 0.717) is 30.8 Å². The van der Waals surface area contributed by atoms with E-state index in [2.05, 4.69) is 34.9 Å². The molecule has 28 heavy (non-hydrogen) atoms. The maximum absolute atomic E-state index is 12.3. The van der Waals surface area contributed by atoms with Gasteiger partial charge in [0.05, 0.1) is 4.88 Å². The summed E-state index contributed by atoms with van der Waals surface area (Å²) in [5.41, 5.74) is 2.36. The lowest BCUT2D eigenvalue weighted by molar-refractivity contribution is -0.121. The molecule has 3 aromatic rings. The lowest BCUT2D eigenvalue weighted by atomic mass is 9.91. The molecule has 0 aliphatic rings. The maximum atomic E-state index is 12.3. The monoisotopic (exact) mass is 392 g/mol. The quantitative estimate of drug-likeness (QED) is 0.536. The first kappa shape index (κ1) is 19.8. The third-order valence-electron chi connectivity index (χ3n) is 4.52. The van der Waals surface area contributed by atoms with E-state index >= 15 is 0 Å². The Morgan fingerprint density at radius 2 is 1.46 bits per heavy atom. The van der Waals surface area contributed by atoms with Gasteiger partial charge in [-0.3, -0.25) is 9.59 Å². The molecular weight excluding hydrogens is 368 g/mol. The summed E-state index contributed by atoms with van der Waals surface area (Å²) in [5, 5.41) is 7.77. The molecule has 0 saturated heterocycles. The summed E-state index contributed by atoms with van der Waals surface area (Å²) in [6.07, 6.45) is 1.01. The van der Waals surface area contributed by atoms with Crippen LogP contribution in [0, 0.1) is 0 Å². The molecule has 1 aromatic heterocycles. The first-order valence-corrected chi connectivity index (χ1v) is 10.3. The summed E-state index contributed by atoms with van der Waals surface area (Å²) < 4.78 is 0. The Bertz CT molecular complexity index is 825. The van der Waals surface area contributed by atoms with Crippen molar-refractivity contribution in [3.63, 3.8) is 0 Å². The number of carbonyl (C=O) groups is 2. The van der Waals surface area contributed by atoms with Gasteiger partial charge in [-0.25, -0.2) is 0 Å². The normalized spacial score (nSPS) is 10.6. The molecular formula is C23H24N2O2S. The van der Waals surface area contributed by atoms with Gasteiger partial charge in [-0.15, -0.1) is 11.3 Å². The van der Waals surface area contributed by atoms with Gasteiger partial charge in [0, 0.05) is 25.4 Å². The minimum absolute atomic E-state index is 0.00207. The van der Waals surface area contributed by atoms with Crippen LogP contribution >= 0.6 is 11.3 Å². The zero-order valence-electron chi connectivity index (χ0n) is 15.6. The average Bonchev–Trinajstić information content (AvgIpc) is 3.28. The highest BCUT2D eigenvalue weighted by atomic mass is 32.1. The van der Waals surface area contributed by atoms with Gasteiger partial charge in [-0.2, -0.15) is 0 Å². The Kier molecular flexibility index (Phi) is 7.38. The topological polar surface area (TPSA) is 58.2 Å². The fraction of sp³-hybridized carbons (Fsp3) is 0.217. The van der Waals surface area contributed by atoms with Crippen LogP contribution in [0.15, 0.2) is 78.2 Å². The van der Waals surface area contributed by atoms with Gasteiger partial charge in [-0.05, 0) is 29.0 Å². The summed E-state index contributed by atoms with van der Waals surface area (Å²) in [4.78, 5) is 24.8. The Balaban J connectivity index is 1.47. The number of amides is 2. The summed E-state index contributed by atoms with van der Waals surface area (Å²) in [7, 11) is 0. The van der Waals surface area contributed by atoms with Gasteiger partial charge < -0.3 is 10.6 Å². The lowest BCUT2D eigenvalue weighted by Gasteiger charge is -2.19. The molecule has 2 aromatic carbocycles. The second kappa shape index (κ2) is 10.4. The van der Waals surface area contributed by atoms with E-state index in [1.807, 2.05) is 47.8 Å². The van der Waals surface area contributed by atoms with E-state index in [1.54, 1.807) is 6.07 Å². The minimum Gasteiger partial charge on any atom is -0.355 e. The Morgan fingerprint density at radius 3 is 2.04 bits per heavy atom. The molecule has 0 spiro atoms. The molecule has 0 aliphatic heterocycles. The van der Waals surface area contributed by atoms with Gasteiger partial charge in [0.25, 0.3) is 5.91 Å². The first-order valence-electron chi connectivity index (χ1n) is 9.42. The molecule has 0 bridgehead atoms. The first-order chi connectivity index (χ1) is 13.7. The molecule has 5 heteroatoms. The van der Waals surface area contributed by atoms with Crippen LogP contribution in [0.3, 0.4) is 0 Å². The molecule has 2 amide bonds. The van der Waals surface area contributed by atoms with Gasteiger partial charge in [0.2, 0.25) is 5.91 Å². The zero-order chi connectivity index (χ0) is 19.6. The number of benzene rings is 2. The summed E-state index contributed by atoms with van der Waals surface area (Å²) in [6.45, 7) is 1.04. The maximum Gasteiger partial charge on any atom is 0.261 e. The van der Waals surface area contributed by atoms with Gasteiger partial charge >= 0.3 is 0 Å². The van der Waals surface area contributed by atoms with Crippen LogP contribution in [0.2, 0.25) is 0 Å². The van der Waals surface area contributed by atoms with E-state index in [0.717, 1.165) is 0 Å². The number of hydrogen-bond donors (Lipinski definition) is 2. The predicted octanol–water partition coefficient (Wildman–Crippen LogP) is 4.21. The van der Waals surface area contributed by atoms with Crippen molar-refractivity contribution in [2.24, 2.45) is 0 Å². The van der Waals surface area contributed by atoms with Crippen LogP contribution in [-0.2, 0) is 4.79 Å². The van der Waals surface area contributed by atoms with E-state index in [-0.39, 0.29) is 17.7 Å². The van der Waals surface area contributed by atoms with Crippen LogP contribution < -0.4 is 10.6 Å².